The van der Waals surface area contributed by atoms with Crippen LogP contribution in [0.3, 0.4) is 0 Å². The SMILES string of the molecule is O=S1(=O)NC2(CN1CC(F)(F)F)C1CCC2Cc2cc(-c3ncc(N4CCCC(F)(F)C4)s3)ccc2C1. The Hall–Kier alpha value is -1.83. The summed E-state index contributed by atoms with van der Waals surface area (Å²) in [6.45, 7) is -1.42. The van der Waals surface area contributed by atoms with Crippen LogP contribution >= 0.6 is 11.3 Å². The minimum atomic E-state index is -4.61. The second-order valence-corrected chi connectivity index (χ2v) is 13.5. The summed E-state index contributed by atoms with van der Waals surface area (Å²) >= 11 is 1.37. The molecule has 1 aromatic carbocycles. The smallest absolute Gasteiger partial charge is 0.356 e. The van der Waals surface area contributed by atoms with Crippen LogP contribution in [0.2, 0.25) is 0 Å². The maximum Gasteiger partial charge on any atom is 0.402 e. The number of rotatable bonds is 3. The quantitative estimate of drug-likeness (QED) is 0.555. The third-order valence-electron chi connectivity index (χ3n) is 8.36. The first-order valence-corrected chi connectivity index (χ1v) is 14.7. The Morgan fingerprint density at radius 3 is 2.54 bits per heavy atom. The van der Waals surface area contributed by atoms with Crippen molar-refractivity contribution in [2.75, 3.05) is 31.1 Å². The molecule has 2 aliphatic carbocycles. The van der Waals surface area contributed by atoms with E-state index in [4.69, 9.17) is 0 Å². The Labute approximate surface area is 216 Å². The molecule has 6 rings (SSSR count). The fraction of sp³-hybridized carbons (Fsp3) is 0.625. The van der Waals surface area contributed by atoms with Crippen LogP contribution < -0.4 is 9.62 Å². The zero-order valence-corrected chi connectivity index (χ0v) is 21.5. The molecule has 4 aliphatic rings. The molecule has 1 spiro atoms. The first-order chi connectivity index (χ1) is 17.3. The first-order valence-electron chi connectivity index (χ1n) is 12.4. The van der Waals surface area contributed by atoms with Gasteiger partial charge in [0.2, 0.25) is 0 Å². The Morgan fingerprint density at radius 1 is 1.11 bits per heavy atom. The summed E-state index contributed by atoms with van der Waals surface area (Å²) in [7, 11) is -4.23. The molecule has 2 aliphatic heterocycles. The highest BCUT2D eigenvalue weighted by molar-refractivity contribution is 7.87. The maximum atomic E-state index is 13.9. The topological polar surface area (TPSA) is 65.5 Å². The third kappa shape index (κ3) is 4.65. The van der Waals surface area contributed by atoms with Gasteiger partial charge in [0, 0.05) is 25.1 Å². The second kappa shape index (κ2) is 8.59. The van der Waals surface area contributed by atoms with Gasteiger partial charge in [0.1, 0.15) is 16.6 Å². The van der Waals surface area contributed by atoms with Gasteiger partial charge in [0.25, 0.3) is 16.1 Å². The van der Waals surface area contributed by atoms with Crippen molar-refractivity contribution in [1.82, 2.24) is 14.0 Å². The van der Waals surface area contributed by atoms with Crippen LogP contribution in [0.25, 0.3) is 10.6 Å². The lowest BCUT2D eigenvalue weighted by Crippen LogP contribution is -2.52. The monoisotopic (exact) mass is 562 g/mol. The molecule has 1 N–H and O–H groups in total. The molecule has 0 radical (unpaired) electrons. The first kappa shape index (κ1) is 25.4. The molecule has 3 atom stereocenters. The van der Waals surface area contributed by atoms with Crippen molar-refractivity contribution >= 4 is 26.5 Å². The van der Waals surface area contributed by atoms with E-state index in [2.05, 4.69) is 9.71 Å². The van der Waals surface area contributed by atoms with Gasteiger partial charge in [-0.25, -0.2) is 13.8 Å². The van der Waals surface area contributed by atoms with E-state index < -0.39 is 34.4 Å². The summed E-state index contributed by atoms with van der Waals surface area (Å²) in [4.78, 5) is 6.17. The summed E-state index contributed by atoms with van der Waals surface area (Å²) in [5.74, 6) is -2.92. The average Bonchev–Trinajstić information content (AvgIpc) is 3.42. The number of aromatic nitrogens is 1. The predicted octanol–water partition coefficient (Wildman–Crippen LogP) is 4.62. The van der Waals surface area contributed by atoms with Crippen molar-refractivity contribution in [1.29, 1.82) is 0 Å². The van der Waals surface area contributed by atoms with Crippen LogP contribution in [0.1, 0.15) is 36.8 Å². The van der Waals surface area contributed by atoms with E-state index in [1.807, 2.05) is 18.2 Å². The molecule has 3 unspecified atom stereocenters. The number of thiazole rings is 1. The lowest BCUT2D eigenvalue weighted by Gasteiger charge is -2.33. The number of nitrogens with one attached hydrogen (secondary N) is 1. The number of halogens is 5. The number of alkyl halides is 5. The van der Waals surface area contributed by atoms with E-state index in [0.717, 1.165) is 29.5 Å². The number of benzene rings is 1. The Morgan fingerprint density at radius 2 is 1.84 bits per heavy atom. The average molecular weight is 563 g/mol. The van der Waals surface area contributed by atoms with Crippen LogP contribution in [0.5, 0.6) is 0 Å². The summed E-state index contributed by atoms with van der Waals surface area (Å²) in [6.07, 6.45) is -0.0304. The second-order valence-electron chi connectivity index (χ2n) is 10.8. The highest BCUT2D eigenvalue weighted by Crippen LogP contribution is 2.51. The van der Waals surface area contributed by atoms with Crippen molar-refractivity contribution in [2.45, 2.75) is 56.2 Å². The van der Waals surface area contributed by atoms with E-state index in [1.165, 1.54) is 11.3 Å². The molecule has 13 heteroatoms. The van der Waals surface area contributed by atoms with Crippen molar-refractivity contribution in [2.24, 2.45) is 11.8 Å². The minimum absolute atomic E-state index is 0.0927. The van der Waals surface area contributed by atoms with Crippen LogP contribution in [0.15, 0.2) is 24.4 Å². The molecule has 3 fully saturated rings. The van der Waals surface area contributed by atoms with Crippen molar-refractivity contribution < 1.29 is 30.4 Å². The highest BCUT2D eigenvalue weighted by Gasteiger charge is 2.60. The van der Waals surface area contributed by atoms with E-state index in [-0.39, 0.29) is 31.3 Å². The molecule has 2 aromatic rings. The molecule has 2 bridgehead atoms. The van der Waals surface area contributed by atoms with Crippen LogP contribution in [0, 0.1) is 11.8 Å². The van der Waals surface area contributed by atoms with E-state index in [1.54, 1.807) is 11.1 Å². The normalized spacial score (nSPS) is 31.0. The molecular formula is C24H27F5N4O2S2. The molecule has 0 amide bonds. The van der Waals surface area contributed by atoms with E-state index in [0.29, 0.717) is 40.1 Å². The van der Waals surface area contributed by atoms with Gasteiger partial charge in [-0.1, -0.05) is 23.5 Å². The lowest BCUT2D eigenvalue weighted by molar-refractivity contribution is -0.136. The molecule has 1 aromatic heterocycles. The maximum absolute atomic E-state index is 13.9. The van der Waals surface area contributed by atoms with Crippen LogP contribution in [-0.4, -0.2) is 61.5 Å². The van der Waals surface area contributed by atoms with Gasteiger partial charge in [-0.15, -0.1) is 0 Å². The Kier molecular flexibility index (Phi) is 5.91. The van der Waals surface area contributed by atoms with E-state index >= 15 is 0 Å². The van der Waals surface area contributed by atoms with Gasteiger partial charge in [-0.05, 0) is 61.1 Å². The number of anilines is 1. The summed E-state index contributed by atoms with van der Waals surface area (Å²) in [6, 6.07) is 5.95. The number of nitrogens with zero attached hydrogens (tertiary/aromatic N) is 3. The fourth-order valence-electron chi connectivity index (χ4n) is 6.68. The summed E-state index contributed by atoms with van der Waals surface area (Å²) in [5.41, 5.74) is 2.04. The molecule has 6 nitrogen and oxygen atoms in total. The van der Waals surface area contributed by atoms with Crippen molar-refractivity contribution in [3.8, 4) is 10.6 Å². The van der Waals surface area contributed by atoms with Gasteiger partial charge in [0.05, 0.1) is 18.3 Å². The molecule has 1 saturated carbocycles. The molecule has 37 heavy (non-hydrogen) atoms. The molecule has 202 valence electrons. The molecular weight excluding hydrogens is 535 g/mol. The van der Waals surface area contributed by atoms with Gasteiger partial charge >= 0.3 is 6.18 Å². The predicted molar refractivity (Wildman–Crippen MR) is 130 cm³/mol. The number of piperidine rings is 1. The Balaban J connectivity index is 1.26. The van der Waals surface area contributed by atoms with Crippen molar-refractivity contribution in [3.05, 3.63) is 35.5 Å². The van der Waals surface area contributed by atoms with Crippen molar-refractivity contribution in [3.63, 3.8) is 0 Å². The number of hydrogen-bond acceptors (Lipinski definition) is 5. The van der Waals surface area contributed by atoms with Gasteiger partial charge in [0.15, 0.2) is 0 Å². The molecule has 2 saturated heterocycles. The summed E-state index contributed by atoms with van der Waals surface area (Å²) in [5, 5.41) is 1.42. The zero-order valence-electron chi connectivity index (χ0n) is 19.9. The Bertz CT molecular complexity index is 1310. The van der Waals surface area contributed by atoms with Crippen LogP contribution in [0.4, 0.5) is 27.0 Å². The van der Waals surface area contributed by atoms with E-state index in [9.17, 15) is 30.4 Å². The largest absolute Gasteiger partial charge is 0.402 e. The van der Waals surface area contributed by atoms with Gasteiger partial charge in [-0.2, -0.15) is 30.6 Å². The minimum Gasteiger partial charge on any atom is -0.356 e. The van der Waals surface area contributed by atoms with Crippen LogP contribution in [-0.2, 0) is 23.1 Å². The summed E-state index contributed by atoms with van der Waals surface area (Å²) < 4.78 is 95.7. The third-order valence-corrected chi connectivity index (χ3v) is 11.0. The fourth-order valence-corrected chi connectivity index (χ4v) is 9.32. The standard InChI is InChI=1S/C24H27F5N4O2S2/c25-22(26)6-1-7-32(12-22)20-11-30-21(36-20)16-3-2-15-9-18-4-5-19(10-17(15)8-16)23(18)13-33(14-24(27,28)29)37(34,35)31-23/h2-3,8,11,18-19,31H,1,4-7,9-10,12-14H2. The van der Waals surface area contributed by atoms with Gasteiger partial charge in [-0.3, -0.25) is 0 Å². The number of hydrogen-bond donors (Lipinski definition) is 1. The lowest BCUT2D eigenvalue weighted by atomic mass is 9.79. The highest BCUT2D eigenvalue weighted by atomic mass is 32.2. The zero-order chi connectivity index (χ0) is 26.2. The van der Waals surface area contributed by atoms with Gasteiger partial charge < -0.3 is 4.90 Å². The molecule has 3 heterocycles. The number of fused-ring (bicyclic) bond motifs is 1.